The van der Waals surface area contributed by atoms with Gasteiger partial charge in [-0.25, -0.2) is 0 Å². The van der Waals surface area contributed by atoms with E-state index >= 15 is 0 Å². The first kappa shape index (κ1) is 13.5. The van der Waals surface area contributed by atoms with Crippen LogP contribution in [0, 0.1) is 0 Å². The van der Waals surface area contributed by atoms with Crippen LogP contribution in [0.25, 0.3) is 0 Å². The molecule has 2 atom stereocenters. The maximum absolute atomic E-state index is 6.33. The SMILES string of the molecule is CCC(N)C(c1cccnc1)N1CCN(C)CC1. The summed E-state index contributed by atoms with van der Waals surface area (Å²) >= 11 is 0. The molecule has 2 N–H and O–H groups in total. The molecule has 0 spiro atoms. The predicted octanol–water partition coefficient (Wildman–Crippen LogP) is 1.11. The van der Waals surface area contributed by atoms with Gasteiger partial charge in [0.15, 0.2) is 0 Å². The highest BCUT2D eigenvalue weighted by Crippen LogP contribution is 2.25. The number of piperazine rings is 1. The van der Waals surface area contributed by atoms with Crippen LogP contribution >= 0.6 is 0 Å². The summed E-state index contributed by atoms with van der Waals surface area (Å²) in [5.41, 5.74) is 7.58. The Bertz CT molecular complexity index is 346. The second-order valence-corrected chi connectivity index (χ2v) is 5.14. The van der Waals surface area contributed by atoms with Crippen LogP contribution in [-0.2, 0) is 0 Å². The molecule has 0 aliphatic carbocycles. The molecular weight excluding hydrogens is 224 g/mol. The standard InChI is InChI=1S/C14H24N4/c1-3-13(15)14(12-5-4-6-16-11-12)18-9-7-17(2)8-10-18/h4-6,11,13-14H,3,7-10,15H2,1-2H3. The number of nitrogens with two attached hydrogens (primary N) is 1. The Kier molecular flexibility index (Phi) is 4.69. The van der Waals surface area contributed by atoms with Crippen LogP contribution in [0.3, 0.4) is 0 Å². The summed E-state index contributed by atoms with van der Waals surface area (Å²) in [5.74, 6) is 0. The third-order valence-corrected chi connectivity index (χ3v) is 3.83. The Morgan fingerprint density at radius 1 is 1.33 bits per heavy atom. The molecule has 0 aromatic carbocycles. The lowest BCUT2D eigenvalue weighted by Gasteiger charge is -2.40. The zero-order valence-corrected chi connectivity index (χ0v) is 11.4. The van der Waals surface area contributed by atoms with Crippen molar-refractivity contribution in [2.75, 3.05) is 33.2 Å². The molecule has 18 heavy (non-hydrogen) atoms. The molecule has 0 saturated carbocycles. The van der Waals surface area contributed by atoms with Crippen LogP contribution in [0.5, 0.6) is 0 Å². The normalized spacial score (nSPS) is 21.7. The van der Waals surface area contributed by atoms with E-state index in [9.17, 15) is 0 Å². The number of hydrogen-bond acceptors (Lipinski definition) is 4. The van der Waals surface area contributed by atoms with Gasteiger partial charge in [-0.3, -0.25) is 9.88 Å². The van der Waals surface area contributed by atoms with Crippen LogP contribution < -0.4 is 5.73 Å². The summed E-state index contributed by atoms with van der Waals surface area (Å²) in [6.45, 7) is 6.57. The first-order valence-corrected chi connectivity index (χ1v) is 6.80. The molecule has 2 heterocycles. The monoisotopic (exact) mass is 248 g/mol. The molecule has 4 nitrogen and oxygen atoms in total. The van der Waals surface area contributed by atoms with Gasteiger partial charge < -0.3 is 10.6 Å². The zero-order chi connectivity index (χ0) is 13.0. The van der Waals surface area contributed by atoms with Crippen molar-refractivity contribution in [3.8, 4) is 0 Å². The lowest BCUT2D eigenvalue weighted by atomic mass is 9.97. The molecule has 1 fully saturated rings. The van der Waals surface area contributed by atoms with Crippen LogP contribution in [0.1, 0.15) is 24.9 Å². The van der Waals surface area contributed by atoms with E-state index in [0.29, 0.717) is 6.04 Å². The van der Waals surface area contributed by atoms with Gasteiger partial charge in [0.1, 0.15) is 0 Å². The van der Waals surface area contributed by atoms with Crippen molar-refractivity contribution < 1.29 is 0 Å². The molecule has 1 aliphatic heterocycles. The summed E-state index contributed by atoms with van der Waals surface area (Å²) in [4.78, 5) is 9.11. The molecule has 1 aromatic heterocycles. The minimum Gasteiger partial charge on any atom is -0.326 e. The summed E-state index contributed by atoms with van der Waals surface area (Å²) < 4.78 is 0. The van der Waals surface area contributed by atoms with E-state index in [2.05, 4.69) is 34.8 Å². The van der Waals surface area contributed by atoms with Crippen molar-refractivity contribution in [2.24, 2.45) is 5.73 Å². The van der Waals surface area contributed by atoms with E-state index in [1.165, 1.54) is 5.56 Å². The quantitative estimate of drug-likeness (QED) is 0.867. The molecule has 2 rings (SSSR count). The van der Waals surface area contributed by atoms with E-state index in [-0.39, 0.29) is 6.04 Å². The van der Waals surface area contributed by atoms with Crippen molar-refractivity contribution in [1.82, 2.24) is 14.8 Å². The van der Waals surface area contributed by atoms with Gasteiger partial charge in [0.25, 0.3) is 0 Å². The maximum Gasteiger partial charge on any atom is 0.0515 e. The van der Waals surface area contributed by atoms with Gasteiger partial charge in [0, 0.05) is 44.6 Å². The molecule has 0 radical (unpaired) electrons. The Hall–Kier alpha value is -0.970. The number of nitrogens with zero attached hydrogens (tertiary/aromatic N) is 3. The molecule has 100 valence electrons. The highest BCUT2D eigenvalue weighted by molar-refractivity contribution is 5.16. The van der Waals surface area contributed by atoms with Crippen molar-refractivity contribution in [1.29, 1.82) is 0 Å². The topological polar surface area (TPSA) is 45.4 Å². The van der Waals surface area contributed by atoms with Gasteiger partial charge in [-0.2, -0.15) is 0 Å². The van der Waals surface area contributed by atoms with Gasteiger partial charge in [0.2, 0.25) is 0 Å². The number of likely N-dealkylation sites (N-methyl/N-ethyl adjacent to an activating group) is 1. The summed E-state index contributed by atoms with van der Waals surface area (Å²) in [7, 11) is 2.18. The Morgan fingerprint density at radius 2 is 2.06 bits per heavy atom. The molecule has 1 aromatic rings. The fourth-order valence-corrected chi connectivity index (χ4v) is 2.60. The Balaban J connectivity index is 2.15. The number of hydrogen-bond donors (Lipinski definition) is 1. The van der Waals surface area contributed by atoms with Gasteiger partial charge in [-0.15, -0.1) is 0 Å². The van der Waals surface area contributed by atoms with Gasteiger partial charge >= 0.3 is 0 Å². The molecule has 1 aliphatic rings. The Morgan fingerprint density at radius 3 is 2.61 bits per heavy atom. The second kappa shape index (κ2) is 6.27. The van der Waals surface area contributed by atoms with Crippen molar-refractivity contribution in [3.05, 3.63) is 30.1 Å². The second-order valence-electron chi connectivity index (χ2n) is 5.14. The lowest BCUT2D eigenvalue weighted by molar-refractivity contribution is 0.0967. The Labute approximate surface area is 110 Å². The zero-order valence-electron chi connectivity index (χ0n) is 11.4. The number of rotatable bonds is 4. The molecular formula is C14H24N4. The molecule has 0 amide bonds. The van der Waals surface area contributed by atoms with E-state index < -0.39 is 0 Å². The largest absolute Gasteiger partial charge is 0.326 e. The molecule has 2 unspecified atom stereocenters. The predicted molar refractivity (Wildman–Crippen MR) is 74.3 cm³/mol. The number of aromatic nitrogens is 1. The average molecular weight is 248 g/mol. The first-order chi connectivity index (χ1) is 8.72. The highest BCUT2D eigenvalue weighted by atomic mass is 15.3. The van der Waals surface area contributed by atoms with Crippen LogP contribution in [-0.4, -0.2) is 54.1 Å². The fourth-order valence-electron chi connectivity index (χ4n) is 2.60. The van der Waals surface area contributed by atoms with E-state index in [1.807, 2.05) is 18.5 Å². The third-order valence-electron chi connectivity index (χ3n) is 3.83. The minimum absolute atomic E-state index is 0.178. The van der Waals surface area contributed by atoms with E-state index in [1.54, 1.807) is 0 Å². The molecule has 0 bridgehead atoms. The lowest BCUT2D eigenvalue weighted by Crippen LogP contribution is -2.50. The molecule has 1 saturated heterocycles. The maximum atomic E-state index is 6.33. The smallest absolute Gasteiger partial charge is 0.0515 e. The van der Waals surface area contributed by atoms with Crippen molar-refractivity contribution >= 4 is 0 Å². The summed E-state index contributed by atoms with van der Waals surface area (Å²) in [5, 5.41) is 0. The van der Waals surface area contributed by atoms with E-state index in [4.69, 9.17) is 5.73 Å². The van der Waals surface area contributed by atoms with Crippen molar-refractivity contribution in [2.45, 2.75) is 25.4 Å². The van der Waals surface area contributed by atoms with E-state index in [0.717, 1.165) is 32.6 Å². The van der Waals surface area contributed by atoms with Crippen LogP contribution in [0.15, 0.2) is 24.5 Å². The highest BCUT2D eigenvalue weighted by Gasteiger charge is 2.27. The first-order valence-electron chi connectivity index (χ1n) is 6.80. The van der Waals surface area contributed by atoms with Gasteiger partial charge in [0.05, 0.1) is 6.04 Å². The minimum atomic E-state index is 0.178. The summed E-state index contributed by atoms with van der Waals surface area (Å²) in [6.07, 6.45) is 4.77. The number of pyridine rings is 1. The van der Waals surface area contributed by atoms with Crippen molar-refractivity contribution in [3.63, 3.8) is 0 Å². The van der Waals surface area contributed by atoms with Crippen LogP contribution in [0.2, 0.25) is 0 Å². The summed E-state index contributed by atoms with van der Waals surface area (Å²) in [6, 6.07) is 4.63. The van der Waals surface area contributed by atoms with Gasteiger partial charge in [-0.05, 0) is 25.1 Å². The van der Waals surface area contributed by atoms with Gasteiger partial charge in [-0.1, -0.05) is 13.0 Å². The fraction of sp³-hybridized carbons (Fsp3) is 0.643. The third kappa shape index (κ3) is 3.07. The molecule has 4 heteroatoms. The van der Waals surface area contributed by atoms with Crippen LogP contribution in [0.4, 0.5) is 0 Å². The average Bonchev–Trinajstić information content (AvgIpc) is 2.42.